The second-order valence-electron chi connectivity index (χ2n) is 4.93. The van der Waals surface area contributed by atoms with Crippen molar-refractivity contribution in [2.45, 2.75) is 31.4 Å². The molecule has 1 amide bonds. The molecule has 0 aromatic carbocycles. The molecule has 1 saturated heterocycles. The van der Waals surface area contributed by atoms with E-state index >= 15 is 0 Å². The lowest BCUT2D eigenvalue weighted by atomic mass is 10.2. The molecule has 1 aliphatic heterocycles. The summed E-state index contributed by atoms with van der Waals surface area (Å²) >= 11 is 0. The van der Waals surface area contributed by atoms with Gasteiger partial charge in [0.05, 0.1) is 25.4 Å². The van der Waals surface area contributed by atoms with Gasteiger partial charge in [-0.25, -0.2) is 0 Å². The highest BCUT2D eigenvalue weighted by Gasteiger charge is 2.34. The van der Waals surface area contributed by atoms with Crippen molar-refractivity contribution in [3.8, 4) is 0 Å². The molecule has 2 atom stereocenters. The first-order valence-electron chi connectivity index (χ1n) is 6.25. The van der Waals surface area contributed by atoms with Gasteiger partial charge in [0.1, 0.15) is 6.61 Å². The zero-order valence-corrected chi connectivity index (χ0v) is 10.3. The van der Waals surface area contributed by atoms with E-state index in [0.717, 1.165) is 0 Å². The molecule has 2 rings (SSSR count). The molecule has 17 heavy (non-hydrogen) atoms. The van der Waals surface area contributed by atoms with Gasteiger partial charge in [0.15, 0.2) is 0 Å². The molecule has 0 spiro atoms. The summed E-state index contributed by atoms with van der Waals surface area (Å²) in [6.45, 7) is 1.38. The van der Waals surface area contributed by atoms with Crippen LogP contribution in [0.4, 0.5) is 0 Å². The van der Waals surface area contributed by atoms with Crippen molar-refractivity contribution >= 4 is 5.91 Å². The number of amides is 1. The first-order valence-corrected chi connectivity index (χ1v) is 6.25. The van der Waals surface area contributed by atoms with Crippen LogP contribution in [0.3, 0.4) is 0 Å². The highest BCUT2D eigenvalue weighted by atomic mass is 16.5. The Balaban J connectivity index is 1.75. The lowest BCUT2D eigenvalue weighted by Crippen LogP contribution is -2.40. The third kappa shape index (κ3) is 3.40. The van der Waals surface area contributed by atoms with Gasteiger partial charge in [0.2, 0.25) is 5.91 Å². The monoisotopic (exact) mass is 243 g/mol. The van der Waals surface area contributed by atoms with Gasteiger partial charge in [-0.3, -0.25) is 4.79 Å². The summed E-state index contributed by atoms with van der Waals surface area (Å²) in [5.41, 5.74) is 0. The Morgan fingerprint density at radius 1 is 1.47 bits per heavy atom. The maximum Gasteiger partial charge on any atom is 0.248 e. The number of aliphatic hydroxyl groups excluding tert-OH is 1. The lowest BCUT2D eigenvalue weighted by Gasteiger charge is -2.22. The molecule has 0 bridgehead atoms. The van der Waals surface area contributed by atoms with E-state index in [1.54, 1.807) is 12.0 Å². The highest BCUT2D eigenvalue weighted by molar-refractivity contribution is 5.78. The van der Waals surface area contributed by atoms with Gasteiger partial charge < -0.3 is 19.5 Å². The third-order valence-corrected chi connectivity index (χ3v) is 3.52. The molecule has 0 unspecified atom stereocenters. The van der Waals surface area contributed by atoms with Crippen LogP contribution in [0.2, 0.25) is 0 Å². The first-order chi connectivity index (χ1) is 8.24. The summed E-state index contributed by atoms with van der Waals surface area (Å²) < 4.78 is 10.6. The van der Waals surface area contributed by atoms with Crippen LogP contribution in [-0.4, -0.2) is 61.5 Å². The third-order valence-electron chi connectivity index (χ3n) is 3.52. The number of hydrogen-bond acceptors (Lipinski definition) is 4. The average Bonchev–Trinajstić information content (AvgIpc) is 3.06. The van der Waals surface area contributed by atoms with Crippen molar-refractivity contribution in [2.75, 3.05) is 33.5 Å². The average molecular weight is 243 g/mol. The maximum absolute atomic E-state index is 11.9. The van der Waals surface area contributed by atoms with Crippen LogP contribution in [0.15, 0.2) is 0 Å². The zero-order chi connectivity index (χ0) is 12.3. The summed E-state index contributed by atoms with van der Waals surface area (Å²) in [4.78, 5) is 13.6. The van der Waals surface area contributed by atoms with Crippen LogP contribution in [0.1, 0.15) is 19.3 Å². The summed E-state index contributed by atoms with van der Waals surface area (Å²) in [5.74, 6) is 0.631. The molecule has 5 nitrogen and oxygen atoms in total. The second-order valence-corrected chi connectivity index (χ2v) is 4.93. The van der Waals surface area contributed by atoms with Crippen LogP contribution in [0.5, 0.6) is 0 Å². The molecule has 1 saturated carbocycles. The summed E-state index contributed by atoms with van der Waals surface area (Å²) in [6, 6.07) is -0.114. The van der Waals surface area contributed by atoms with Crippen molar-refractivity contribution < 1.29 is 19.4 Å². The standard InChI is InChI=1S/C12H21NO4/c1-16-11-4-10(6-14)13(5-11)12(15)8-17-7-9-2-3-9/h9-11,14H,2-8H2,1H3/t10-,11+/m0/s1. The molecule has 98 valence electrons. The maximum atomic E-state index is 11.9. The normalized spacial score (nSPS) is 28.7. The van der Waals surface area contributed by atoms with E-state index in [1.807, 2.05) is 0 Å². The molecular weight excluding hydrogens is 222 g/mol. The molecule has 1 aliphatic carbocycles. The molecule has 0 radical (unpaired) electrons. The molecule has 1 heterocycles. The minimum absolute atomic E-state index is 0.00573. The van der Waals surface area contributed by atoms with E-state index in [1.165, 1.54) is 12.8 Å². The number of likely N-dealkylation sites (tertiary alicyclic amines) is 1. The van der Waals surface area contributed by atoms with Crippen LogP contribution in [0, 0.1) is 5.92 Å². The van der Waals surface area contributed by atoms with E-state index in [4.69, 9.17) is 9.47 Å². The van der Waals surface area contributed by atoms with Gasteiger partial charge in [0.25, 0.3) is 0 Å². The zero-order valence-electron chi connectivity index (χ0n) is 10.3. The Hall–Kier alpha value is -0.650. The van der Waals surface area contributed by atoms with E-state index in [0.29, 0.717) is 25.5 Å². The predicted molar refractivity (Wildman–Crippen MR) is 61.5 cm³/mol. The summed E-state index contributed by atoms with van der Waals surface area (Å²) in [7, 11) is 1.64. The number of methoxy groups -OCH3 is 1. The number of aliphatic hydroxyl groups is 1. The predicted octanol–water partition coefficient (Wildman–Crippen LogP) is 0.0212. The molecule has 5 heteroatoms. The minimum atomic E-state index is -0.114. The number of carbonyl (C=O) groups excluding carboxylic acids is 1. The number of hydrogen-bond donors (Lipinski definition) is 1. The van der Waals surface area contributed by atoms with Crippen molar-refractivity contribution in [1.29, 1.82) is 0 Å². The smallest absolute Gasteiger partial charge is 0.248 e. The highest BCUT2D eigenvalue weighted by Crippen LogP contribution is 2.28. The minimum Gasteiger partial charge on any atom is -0.394 e. The summed E-state index contributed by atoms with van der Waals surface area (Å²) in [5, 5.41) is 9.23. The van der Waals surface area contributed by atoms with Crippen LogP contribution in [-0.2, 0) is 14.3 Å². The Morgan fingerprint density at radius 3 is 2.82 bits per heavy atom. The van der Waals surface area contributed by atoms with Gasteiger partial charge in [-0.2, -0.15) is 0 Å². The molecule has 0 aromatic rings. The van der Waals surface area contributed by atoms with Gasteiger partial charge in [-0.15, -0.1) is 0 Å². The van der Waals surface area contributed by atoms with E-state index < -0.39 is 0 Å². The number of rotatable bonds is 6. The second kappa shape index (κ2) is 5.80. The van der Waals surface area contributed by atoms with Crippen molar-refractivity contribution in [3.05, 3.63) is 0 Å². The molecule has 0 aromatic heterocycles. The fourth-order valence-electron chi connectivity index (χ4n) is 2.20. The number of nitrogens with zero attached hydrogens (tertiary/aromatic N) is 1. The molecule has 1 N–H and O–H groups in total. The Morgan fingerprint density at radius 2 is 2.24 bits per heavy atom. The fraction of sp³-hybridized carbons (Fsp3) is 0.917. The molecule has 2 aliphatic rings. The summed E-state index contributed by atoms with van der Waals surface area (Å²) in [6.07, 6.45) is 3.20. The largest absolute Gasteiger partial charge is 0.394 e. The van der Waals surface area contributed by atoms with Crippen LogP contribution >= 0.6 is 0 Å². The van der Waals surface area contributed by atoms with Crippen molar-refractivity contribution in [2.24, 2.45) is 5.92 Å². The van der Waals surface area contributed by atoms with E-state index in [-0.39, 0.29) is 31.3 Å². The quantitative estimate of drug-likeness (QED) is 0.714. The van der Waals surface area contributed by atoms with Gasteiger partial charge in [0, 0.05) is 13.7 Å². The Kier molecular flexibility index (Phi) is 4.36. The van der Waals surface area contributed by atoms with Gasteiger partial charge in [-0.1, -0.05) is 0 Å². The Bertz CT molecular complexity index is 267. The lowest BCUT2D eigenvalue weighted by molar-refractivity contribution is -0.138. The van der Waals surface area contributed by atoms with Crippen LogP contribution < -0.4 is 0 Å². The Labute approximate surface area is 102 Å². The molecule has 2 fully saturated rings. The molecular formula is C12H21NO4. The SMILES string of the molecule is CO[C@@H]1C[C@@H](CO)N(C(=O)COCC2CC2)C1. The number of ether oxygens (including phenoxy) is 2. The van der Waals surface area contributed by atoms with Crippen LogP contribution in [0.25, 0.3) is 0 Å². The van der Waals surface area contributed by atoms with Gasteiger partial charge >= 0.3 is 0 Å². The first kappa shape index (κ1) is 12.8. The van der Waals surface area contributed by atoms with E-state index in [9.17, 15) is 9.90 Å². The number of carbonyl (C=O) groups is 1. The van der Waals surface area contributed by atoms with Gasteiger partial charge in [-0.05, 0) is 25.2 Å². The fourth-order valence-corrected chi connectivity index (χ4v) is 2.20. The van der Waals surface area contributed by atoms with Crippen molar-refractivity contribution in [3.63, 3.8) is 0 Å². The van der Waals surface area contributed by atoms with E-state index in [2.05, 4.69) is 0 Å². The topological polar surface area (TPSA) is 59.0 Å². The van der Waals surface area contributed by atoms with Crippen molar-refractivity contribution in [1.82, 2.24) is 4.90 Å².